The number of alkyl halides is 12. The van der Waals surface area contributed by atoms with Crippen molar-refractivity contribution in [2.75, 3.05) is 42.3 Å². The monoisotopic (exact) mass is 1370 g/mol. The smallest absolute Gasteiger partial charge is 0.451 e. The summed E-state index contributed by atoms with van der Waals surface area (Å²) in [6, 6.07) is 11.6. The van der Waals surface area contributed by atoms with Crippen molar-refractivity contribution < 1.29 is 71.6 Å². The summed E-state index contributed by atoms with van der Waals surface area (Å²) >= 11 is 0. The Bertz CT molecular complexity index is 4490. The van der Waals surface area contributed by atoms with E-state index in [2.05, 4.69) is 81.1 Å². The van der Waals surface area contributed by atoms with E-state index in [0.717, 1.165) is 94.6 Å². The molecular weight excluding hydrogens is 1300 g/mol. The molecule has 9 heterocycles. The average Bonchev–Trinajstić information content (AvgIpc) is 1.95. The molecule has 0 bridgehead atoms. The lowest BCUT2D eigenvalue weighted by Crippen LogP contribution is -2.15. The number of nitrogens with one attached hydrogen (secondary N) is 4. The van der Waals surface area contributed by atoms with Gasteiger partial charge in [0, 0.05) is 36.8 Å². The predicted octanol–water partition coefficient (Wildman–Crippen LogP) is 13.0. The summed E-state index contributed by atoms with van der Waals surface area (Å²) < 4.78 is 185. The highest BCUT2D eigenvalue weighted by Crippen LogP contribution is 2.40. The van der Waals surface area contributed by atoms with Crippen LogP contribution in [0, 0.1) is 0 Å². The molecule has 24 nitrogen and oxygen atoms in total. The van der Waals surface area contributed by atoms with Gasteiger partial charge in [0.25, 0.3) is 0 Å². The van der Waals surface area contributed by atoms with Crippen LogP contribution < -0.4 is 40.2 Å². The molecule has 514 valence electrons. The van der Waals surface area contributed by atoms with Crippen LogP contribution in [0.1, 0.15) is 131 Å². The van der Waals surface area contributed by atoms with E-state index < -0.39 is 48.0 Å². The first-order valence-electron chi connectivity index (χ1n) is 31.2. The molecule has 16 rings (SSSR count). The lowest BCUT2D eigenvalue weighted by atomic mass is 10.2. The average molecular weight is 1370 g/mol. The van der Waals surface area contributed by atoms with Gasteiger partial charge in [0.05, 0.1) is 52.6 Å². The largest absolute Gasteiger partial charge is 0.493 e. The van der Waals surface area contributed by atoms with Crippen LogP contribution in [0.5, 0.6) is 23.0 Å². The first kappa shape index (κ1) is 65.8. The number of fused-ring (bicyclic) bond motifs is 5. The molecule has 8 aromatic heterocycles. The second-order valence-corrected chi connectivity index (χ2v) is 24.1. The Morgan fingerprint density at radius 1 is 0.433 bits per heavy atom. The summed E-state index contributed by atoms with van der Waals surface area (Å²) in [5, 5.41) is 12.1. The highest BCUT2D eigenvalue weighted by Gasteiger charge is 2.41. The van der Waals surface area contributed by atoms with E-state index in [1.54, 1.807) is 48.9 Å². The zero-order chi connectivity index (χ0) is 68.1. The number of nitrogens with zero attached hydrogens (tertiary/aromatic N) is 16. The van der Waals surface area contributed by atoms with E-state index in [1.165, 1.54) is 33.2 Å². The summed E-state index contributed by atoms with van der Waals surface area (Å²) in [6.07, 6.45) is -0.0183. The number of imidazole rings is 4. The third-order valence-corrected chi connectivity index (χ3v) is 16.3. The van der Waals surface area contributed by atoms with Crippen LogP contribution in [-0.2, 0) is 44.3 Å². The molecular formula is C61H62F12N20O4. The van der Waals surface area contributed by atoms with E-state index in [-0.39, 0.29) is 89.4 Å². The van der Waals surface area contributed by atoms with Crippen LogP contribution in [-0.4, -0.2) is 123 Å². The Hall–Kier alpha value is -9.80. The number of ether oxygens (including phenoxy) is 4. The minimum Gasteiger partial charge on any atom is -0.493 e. The fourth-order valence-electron chi connectivity index (χ4n) is 10.8. The van der Waals surface area contributed by atoms with Gasteiger partial charge in [0.2, 0.25) is 30.1 Å². The van der Waals surface area contributed by atoms with Crippen molar-refractivity contribution in [2.24, 2.45) is 0 Å². The molecule has 97 heavy (non-hydrogen) atoms. The Morgan fingerprint density at radius 2 is 0.804 bits per heavy atom. The van der Waals surface area contributed by atoms with E-state index in [9.17, 15) is 52.7 Å². The molecule has 1 aliphatic heterocycles. The van der Waals surface area contributed by atoms with E-state index in [1.807, 2.05) is 19.1 Å². The predicted molar refractivity (Wildman–Crippen MR) is 326 cm³/mol. The molecule has 36 heteroatoms. The molecule has 0 spiro atoms. The van der Waals surface area contributed by atoms with E-state index in [0.29, 0.717) is 58.2 Å². The maximum Gasteiger partial charge on any atom is 0.451 e. The maximum absolute atomic E-state index is 13.3. The van der Waals surface area contributed by atoms with Crippen LogP contribution in [0.15, 0.2) is 61.7 Å². The molecule has 4 N–H and O–H groups in total. The summed E-state index contributed by atoms with van der Waals surface area (Å²) in [4.78, 5) is 46.4. The number of hydrogen-bond donors (Lipinski definition) is 4. The quantitative estimate of drug-likeness (QED) is 0.0618. The maximum atomic E-state index is 13.3. The first-order chi connectivity index (χ1) is 46.4. The molecule has 5 aliphatic carbocycles. The third-order valence-electron chi connectivity index (χ3n) is 16.3. The SMILES string of the molecule is CCCn1cnc2c(NC3CC3)nc(C(F)(F)F)nc21.COc1ccc(Cn2cnc3c(NC4CC4)nc(C(F)(F)F)nc32)cc1OC.FC(F)(F)c1nc(NC2CC2)c2ncn(C3CCCC3)c2n1.FC(F)(F)c1nc(NC2CC2)c2ncn(Cc3ccc4c(c3)OCO4)c2n1. The fraction of sp³-hybridized carbons (Fsp3) is 0.475. The summed E-state index contributed by atoms with van der Waals surface area (Å²) in [5.41, 5.74) is 3.91. The number of methoxy groups -OCH3 is 2. The highest BCUT2D eigenvalue weighted by atomic mass is 19.4. The van der Waals surface area contributed by atoms with Crippen molar-refractivity contribution in [3.8, 4) is 23.0 Å². The standard InChI is InChI=1S/C18H18F3N5O2.C17H14F3N5O2.C14H16F3N5.C12H14F3N5/c1-27-12-6-3-10(7-13(12)28-2)8-26-9-22-14-15(23-11-4-5-11)24-17(18(19,20)21)25-16(14)26;18-17(19,20)16-23-14(22-10-2-3-10)13-15(24-16)25(7-21-13)6-9-1-4-11-12(5-9)27-8-26-11;15-14(16,17)13-20-11(19-8-5-6-8)10-12(21-13)22(7-18-10)9-3-1-2-4-9;1-2-5-20-6-16-8-9(17-7-3-4-7)18-11(12(13,14)15)19-10(8)20/h3,6-7,9,11H,4-5,8H2,1-2H3,(H,23,24,25);1,4-5,7,10H,2-3,6,8H2,(H,22,23,24);7-9H,1-6H2,(H,19,20,21);6-7H,2-5H2,1H3,(H,17,18,19). The third kappa shape index (κ3) is 15.2. The Balaban J connectivity index is 0.000000118. The van der Waals surface area contributed by atoms with Crippen molar-refractivity contribution in [2.45, 2.75) is 165 Å². The molecule has 10 aromatic rings. The Kier molecular flexibility index (Phi) is 17.9. The number of benzene rings is 2. The van der Waals surface area contributed by atoms with Crippen LogP contribution in [0.3, 0.4) is 0 Å². The van der Waals surface area contributed by atoms with Gasteiger partial charge in [0.1, 0.15) is 22.1 Å². The second kappa shape index (κ2) is 26.3. The van der Waals surface area contributed by atoms with Gasteiger partial charge in [-0.3, -0.25) is 0 Å². The number of aromatic nitrogens is 16. The van der Waals surface area contributed by atoms with Gasteiger partial charge in [-0.25, -0.2) is 59.8 Å². The molecule has 0 radical (unpaired) electrons. The zero-order valence-corrected chi connectivity index (χ0v) is 52.0. The minimum atomic E-state index is -4.65. The van der Waals surface area contributed by atoms with Gasteiger partial charge >= 0.3 is 24.7 Å². The number of aryl methyl sites for hydroxylation is 1. The molecule has 2 aromatic carbocycles. The number of halogens is 12. The lowest BCUT2D eigenvalue weighted by Gasteiger charge is -2.14. The number of anilines is 4. The van der Waals surface area contributed by atoms with Crippen molar-refractivity contribution in [1.82, 2.24) is 78.1 Å². The normalized spacial score (nSPS) is 16.4. The van der Waals surface area contributed by atoms with E-state index >= 15 is 0 Å². The fourth-order valence-corrected chi connectivity index (χ4v) is 10.8. The van der Waals surface area contributed by atoms with Crippen molar-refractivity contribution in [1.29, 1.82) is 0 Å². The summed E-state index contributed by atoms with van der Waals surface area (Å²) in [6.45, 7) is 3.25. The van der Waals surface area contributed by atoms with E-state index in [4.69, 9.17) is 18.9 Å². The van der Waals surface area contributed by atoms with Gasteiger partial charge in [-0.15, -0.1) is 0 Å². The number of hydrogen-bond acceptors (Lipinski definition) is 20. The Labute approximate surface area is 542 Å². The van der Waals surface area contributed by atoms with Gasteiger partial charge in [-0.1, -0.05) is 31.9 Å². The van der Waals surface area contributed by atoms with Crippen LogP contribution in [0.4, 0.5) is 76.0 Å². The minimum absolute atomic E-state index is 0.117. The molecule has 6 aliphatic rings. The van der Waals surface area contributed by atoms with Crippen LogP contribution >= 0.6 is 0 Å². The summed E-state index contributed by atoms with van der Waals surface area (Å²) in [7, 11) is 3.05. The topological polar surface area (TPSA) is 259 Å². The Morgan fingerprint density at radius 3 is 1.22 bits per heavy atom. The van der Waals surface area contributed by atoms with Gasteiger partial charge in [-0.2, -0.15) is 52.7 Å². The first-order valence-corrected chi connectivity index (χ1v) is 31.2. The molecule has 0 unspecified atom stereocenters. The molecule has 5 saturated carbocycles. The van der Waals surface area contributed by atoms with Crippen molar-refractivity contribution in [3.63, 3.8) is 0 Å². The van der Waals surface area contributed by atoms with Gasteiger partial charge < -0.3 is 58.5 Å². The van der Waals surface area contributed by atoms with Crippen LogP contribution in [0.25, 0.3) is 44.7 Å². The van der Waals surface area contributed by atoms with Crippen molar-refractivity contribution >= 4 is 67.9 Å². The summed E-state index contributed by atoms with van der Waals surface area (Å²) in [5.74, 6) is -1.59. The van der Waals surface area contributed by atoms with Crippen LogP contribution in [0.2, 0.25) is 0 Å². The molecule has 0 atom stereocenters. The zero-order valence-electron chi connectivity index (χ0n) is 52.0. The van der Waals surface area contributed by atoms with Crippen molar-refractivity contribution in [3.05, 3.63) is 96.1 Å². The number of rotatable bonds is 17. The van der Waals surface area contributed by atoms with Gasteiger partial charge in [0.15, 0.2) is 68.9 Å². The highest BCUT2D eigenvalue weighted by molar-refractivity contribution is 5.86. The lowest BCUT2D eigenvalue weighted by molar-refractivity contribution is -0.145. The molecule has 0 saturated heterocycles. The molecule has 5 fully saturated rings. The second-order valence-electron chi connectivity index (χ2n) is 24.1. The van der Waals surface area contributed by atoms with Gasteiger partial charge in [-0.05, 0) is 106 Å². The molecule has 0 amide bonds.